The average Bonchev–Trinajstić information content (AvgIpc) is 2.59. The lowest BCUT2D eigenvalue weighted by Crippen LogP contribution is -2.51. The van der Waals surface area contributed by atoms with Gasteiger partial charge in [0.1, 0.15) is 11.3 Å². The first-order chi connectivity index (χ1) is 11.0. The maximum absolute atomic E-state index is 12.3. The second-order valence-corrected chi connectivity index (χ2v) is 5.70. The fraction of sp³-hybridized carbons (Fsp3) is 0.500. The van der Waals surface area contributed by atoms with Crippen molar-refractivity contribution in [1.82, 2.24) is 4.90 Å². The number of non-ortho nitro benzene ring substituents is 1. The van der Waals surface area contributed by atoms with E-state index in [4.69, 9.17) is 4.74 Å². The predicted molar refractivity (Wildman–Crippen MR) is 82.8 cm³/mol. The van der Waals surface area contributed by atoms with Gasteiger partial charge in [-0.05, 0) is 25.0 Å². The van der Waals surface area contributed by atoms with Crippen LogP contribution in [0.3, 0.4) is 0 Å². The van der Waals surface area contributed by atoms with Gasteiger partial charge in [-0.3, -0.25) is 14.9 Å². The molecule has 0 radical (unpaired) electrons. The molecule has 122 valence electrons. The number of nitro groups is 1. The number of nitrogens with zero attached hydrogens (tertiary/aromatic N) is 3. The summed E-state index contributed by atoms with van der Waals surface area (Å²) in [6.45, 7) is -0.197. The number of rotatable bonds is 5. The molecule has 0 unspecified atom stereocenters. The first-order valence-corrected chi connectivity index (χ1v) is 7.54. The van der Waals surface area contributed by atoms with Crippen LogP contribution >= 0.6 is 0 Å². The molecule has 0 heterocycles. The van der Waals surface area contributed by atoms with Crippen LogP contribution in [0.25, 0.3) is 0 Å². The molecule has 1 aromatic carbocycles. The third-order valence-electron chi connectivity index (χ3n) is 4.31. The summed E-state index contributed by atoms with van der Waals surface area (Å²) < 4.78 is 5.38. The largest absolute Gasteiger partial charge is 0.484 e. The topological polar surface area (TPSA) is 96.5 Å². The van der Waals surface area contributed by atoms with Crippen LogP contribution in [0.1, 0.15) is 32.1 Å². The van der Waals surface area contributed by atoms with Crippen LogP contribution in [0.15, 0.2) is 24.3 Å². The molecule has 1 saturated carbocycles. The molecule has 0 bridgehead atoms. The van der Waals surface area contributed by atoms with Crippen molar-refractivity contribution in [3.8, 4) is 11.8 Å². The summed E-state index contributed by atoms with van der Waals surface area (Å²) in [6.07, 6.45) is 4.33. The molecule has 7 heteroatoms. The maximum Gasteiger partial charge on any atom is 0.269 e. The number of likely N-dealkylation sites (N-methyl/N-ethyl adjacent to an activating group) is 1. The molecular formula is C16H19N3O4. The van der Waals surface area contributed by atoms with E-state index in [2.05, 4.69) is 6.07 Å². The summed E-state index contributed by atoms with van der Waals surface area (Å²) in [6, 6.07) is 7.83. The molecule has 0 saturated heterocycles. The lowest BCUT2D eigenvalue weighted by Gasteiger charge is -2.38. The van der Waals surface area contributed by atoms with Gasteiger partial charge in [0.05, 0.1) is 11.0 Å². The Labute approximate surface area is 134 Å². The minimum Gasteiger partial charge on any atom is -0.484 e. The Balaban J connectivity index is 1.95. The number of hydrogen-bond donors (Lipinski definition) is 0. The number of nitriles is 1. The van der Waals surface area contributed by atoms with Crippen molar-refractivity contribution in [2.24, 2.45) is 0 Å². The number of amides is 1. The van der Waals surface area contributed by atoms with Crippen molar-refractivity contribution in [1.29, 1.82) is 5.26 Å². The molecule has 0 aliphatic heterocycles. The summed E-state index contributed by atoms with van der Waals surface area (Å²) in [5, 5.41) is 20.1. The smallest absolute Gasteiger partial charge is 0.269 e. The molecule has 0 aromatic heterocycles. The SMILES string of the molecule is CN(C(=O)COc1ccc([N+](=O)[O-])cc1)C1(C#N)CCCCC1. The minimum atomic E-state index is -0.742. The first-order valence-electron chi connectivity index (χ1n) is 7.54. The number of nitro benzene ring substituents is 1. The van der Waals surface area contributed by atoms with Gasteiger partial charge < -0.3 is 9.64 Å². The Bertz CT molecular complexity index is 615. The van der Waals surface area contributed by atoms with Gasteiger partial charge in [-0.2, -0.15) is 5.26 Å². The van der Waals surface area contributed by atoms with E-state index in [1.54, 1.807) is 7.05 Å². The van der Waals surface area contributed by atoms with E-state index in [1.807, 2.05) is 0 Å². The Morgan fingerprint density at radius 1 is 1.35 bits per heavy atom. The zero-order valence-electron chi connectivity index (χ0n) is 13.0. The quantitative estimate of drug-likeness (QED) is 0.614. The predicted octanol–water partition coefficient (Wildman–Crippen LogP) is 2.66. The second-order valence-electron chi connectivity index (χ2n) is 5.70. The van der Waals surface area contributed by atoms with Gasteiger partial charge >= 0.3 is 0 Å². The number of carbonyl (C=O) groups is 1. The van der Waals surface area contributed by atoms with Crippen LogP contribution in [0.5, 0.6) is 5.75 Å². The van der Waals surface area contributed by atoms with Gasteiger partial charge in [-0.1, -0.05) is 19.3 Å². The van der Waals surface area contributed by atoms with E-state index in [-0.39, 0.29) is 18.2 Å². The van der Waals surface area contributed by atoms with Crippen LogP contribution in [0.2, 0.25) is 0 Å². The van der Waals surface area contributed by atoms with Gasteiger partial charge in [0, 0.05) is 19.2 Å². The molecule has 7 nitrogen and oxygen atoms in total. The van der Waals surface area contributed by atoms with Crippen molar-refractivity contribution in [3.05, 3.63) is 34.4 Å². The second kappa shape index (κ2) is 7.09. The van der Waals surface area contributed by atoms with E-state index in [0.29, 0.717) is 18.6 Å². The normalized spacial score (nSPS) is 16.2. The van der Waals surface area contributed by atoms with E-state index in [9.17, 15) is 20.2 Å². The number of carbonyl (C=O) groups excluding carboxylic acids is 1. The van der Waals surface area contributed by atoms with E-state index in [0.717, 1.165) is 19.3 Å². The van der Waals surface area contributed by atoms with Crippen LogP contribution in [-0.2, 0) is 4.79 Å². The third kappa shape index (κ3) is 3.77. The Kier molecular flexibility index (Phi) is 5.16. The lowest BCUT2D eigenvalue weighted by atomic mass is 9.81. The van der Waals surface area contributed by atoms with Crippen LogP contribution in [-0.4, -0.2) is 34.9 Å². The van der Waals surface area contributed by atoms with Crippen molar-refractivity contribution < 1.29 is 14.5 Å². The monoisotopic (exact) mass is 317 g/mol. The fourth-order valence-electron chi connectivity index (χ4n) is 2.80. The van der Waals surface area contributed by atoms with Gasteiger partial charge in [0.25, 0.3) is 11.6 Å². The average molecular weight is 317 g/mol. The van der Waals surface area contributed by atoms with Gasteiger partial charge in [0.15, 0.2) is 6.61 Å². The lowest BCUT2D eigenvalue weighted by molar-refractivity contribution is -0.384. The van der Waals surface area contributed by atoms with Crippen molar-refractivity contribution in [2.75, 3.05) is 13.7 Å². The molecule has 0 spiro atoms. The van der Waals surface area contributed by atoms with E-state index >= 15 is 0 Å². The van der Waals surface area contributed by atoms with E-state index < -0.39 is 10.5 Å². The molecule has 23 heavy (non-hydrogen) atoms. The molecule has 1 fully saturated rings. The third-order valence-corrected chi connectivity index (χ3v) is 4.31. The fourth-order valence-corrected chi connectivity index (χ4v) is 2.80. The van der Waals surface area contributed by atoms with Crippen LogP contribution in [0.4, 0.5) is 5.69 Å². The molecule has 0 N–H and O–H groups in total. The zero-order valence-corrected chi connectivity index (χ0v) is 13.0. The Morgan fingerprint density at radius 2 is 1.96 bits per heavy atom. The molecule has 1 amide bonds. The van der Waals surface area contributed by atoms with Crippen molar-refractivity contribution in [3.63, 3.8) is 0 Å². The van der Waals surface area contributed by atoms with Crippen molar-refractivity contribution in [2.45, 2.75) is 37.6 Å². The molecule has 1 aliphatic carbocycles. The minimum absolute atomic E-state index is 0.0357. The van der Waals surface area contributed by atoms with Gasteiger partial charge in [0.2, 0.25) is 0 Å². The highest BCUT2D eigenvalue weighted by molar-refractivity contribution is 5.78. The molecular weight excluding hydrogens is 298 g/mol. The van der Waals surface area contributed by atoms with Crippen LogP contribution < -0.4 is 4.74 Å². The maximum atomic E-state index is 12.3. The highest BCUT2D eigenvalue weighted by atomic mass is 16.6. The molecule has 1 aromatic rings. The van der Waals surface area contributed by atoms with Gasteiger partial charge in [-0.25, -0.2) is 0 Å². The number of benzene rings is 1. The summed E-state index contributed by atoms with van der Waals surface area (Å²) in [7, 11) is 1.63. The molecule has 1 aliphatic rings. The number of hydrogen-bond acceptors (Lipinski definition) is 5. The van der Waals surface area contributed by atoms with Crippen LogP contribution in [0, 0.1) is 21.4 Å². The summed E-state index contributed by atoms with van der Waals surface area (Å²) in [5.74, 6) is 0.110. The molecule has 0 atom stereocenters. The standard InChI is InChI=1S/C16H19N3O4/c1-18(16(12-17)9-3-2-4-10-16)15(20)11-23-14-7-5-13(6-8-14)19(21)22/h5-8H,2-4,9-11H2,1H3. The van der Waals surface area contributed by atoms with E-state index in [1.165, 1.54) is 29.2 Å². The number of ether oxygens (including phenoxy) is 1. The Hall–Kier alpha value is -2.62. The highest BCUT2D eigenvalue weighted by Gasteiger charge is 2.38. The summed E-state index contributed by atoms with van der Waals surface area (Å²) in [5.41, 5.74) is -0.778. The Morgan fingerprint density at radius 3 is 2.48 bits per heavy atom. The molecule has 2 rings (SSSR count). The zero-order chi connectivity index (χ0) is 16.9. The summed E-state index contributed by atoms with van der Waals surface area (Å²) >= 11 is 0. The summed E-state index contributed by atoms with van der Waals surface area (Å²) in [4.78, 5) is 23.9. The first kappa shape index (κ1) is 16.7. The van der Waals surface area contributed by atoms with Crippen molar-refractivity contribution >= 4 is 11.6 Å². The highest BCUT2D eigenvalue weighted by Crippen LogP contribution is 2.32. The van der Waals surface area contributed by atoms with Gasteiger partial charge in [-0.15, -0.1) is 0 Å².